The van der Waals surface area contributed by atoms with E-state index in [0.29, 0.717) is 6.42 Å². The van der Waals surface area contributed by atoms with E-state index in [1.165, 1.54) is 0 Å². The molecule has 2 unspecified atom stereocenters. The molecule has 1 aliphatic heterocycles. The Kier molecular flexibility index (Phi) is 1.74. The standard InChI is InChI=1S/C5H9ClO2S/c1-4-5(6)2-3-9(4,7)8/h4-5H,2-3H2,1H3. The second kappa shape index (κ2) is 2.13. The van der Waals surface area contributed by atoms with Crippen molar-refractivity contribution in [3.05, 3.63) is 0 Å². The molecule has 0 bridgehead atoms. The van der Waals surface area contributed by atoms with Crippen LogP contribution in [0, 0.1) is 0 Å². The fraction of sp³-hybridized carbons (Fsp3) is 1.00. The zero-order valence-electron chi connectivity index (χ0n) is 5.17. The summed E-state index contributed by atoms with van der Waals surface area (Å²) in [7, 11) is -2.81. The molecule has 0 saturated carbocycles. The molecule has 54 valence electrons. The van der Waals surface area contributed by atoms with Gasteiger partial charge in [-0.05, 0) is 13.3 Å². The molecule has 0 aromatic rings. The summed E-state index contributed by atoms with van der Waals surface area (Å²) < 4.78 is 21.8. The van der Waals surface area contributed by atoms with Gasteiger partial charge in [0.05, 0.1) is 16.4 Å². The monoisotopic (exact) mass is 168 g/mol. The average molecular weight is 169 g/mol. The van der Waals surface area contributed by atoms with Crippen molar-refractivity contribution in [1.82, 2.24) is 0 Å². The Morgan fingerprint density at radius 3 is 2.22 bits per heavy atom. The van der Waals surface area contributed by atoms with E-state index in [1.807, 2.05) is 0 Å². The lowest BCUT2D eigenvalue weighted by Gasteiger charge is -2.02. The van der Waals surface area contributed by atoms with Crippen LogP contribution in [0.25, 0.3) is 0 Å². The lowest BCUT2D eigenvalue weighted by atomic mass is 10.3. The molecule has 1 heterocycles. The first-order chi connectivity index (χ1) is 4.04. The third-order valence-electron chi connectivity index (χ3n) is 1.75. The molecule has 0 spiro atoms. The van der Waals surface area contributed by atoms with Crippen molar-refractivity contribution in [2.75, 3.05) is 5.75 Å². The number of hydrogen-bond donors (Lipinski definition) is 0. The van der Waals surface area contributed by atoms with E-state index in [0.717, 1.165) is 0 Å². The first-order valence-corrected chi connectivity index (χ1v) is 5.05. The van der Waals surface area contributed by atoms with Gasteiger partial charge in [0.2, 0.25) is 0 Å². The summed E-state index contributed by atoms with van der Waals surface area (Å²) in [5.41, 5.74) is 0. The maximum atomic E-state index is 10.9. The third kappa shape index (κ3) is 1.22. The van der Waals surface area contributed by atoms with Crippen molar-refractivity contribution in [3.8, 4) is 0 Å². The number of hydrogen-bond acceptors (Lipinski definition) is 2. The smallest absolute Gasteiger partial charge is 0.154 e. The summed E-state index contributed by atoms with van der Waals surface area (Å²) in [4.78, 5) is 0. The van der Waals surface area contributed by atoms with Crippen LogP contribution in [0.15, 0.2) is 0 Å². The third-order valence-corrected chi connectivity index (χ3v) is 4.77. The van der Waals surface area contributed by atoms with Gasteiger partial charge in [-0.1, -0.05) is 0 Å². The molecular formula is C5H9ClO2S. The minimum atomic E-state index is -2.81. The van der Waals surface area contributed by atoms with Crippen LogP contribution in [0.3, 0.4) is 0 Å². The molecule has 0 aromatic carbocycles. The molecule has 0 amide bonds. The lowest BCUT2D eigenvalue weighted by Crippen LogP contribution is -2.17. The van der Waals surface area contributed by atoms with Crippen LogP contribution in [-0.4, -0.2) is 24.8 Å². The number of sulfone groups is 1. The van der Waals surface area contributed by atoms with E-state index in [2.05, 4.69) is 0 Å². The average Bonchev–Trinajstić information content (AvgIpc) is 1.97. The Hall–Kier alpha value is 0.240. The molecule has 9 heavy (non-hydrogen) atoms. The molecule has 0 aliphatic carbocycles. The molecule has 4 heteroatoms. The van der Waals surface area contributed by atoms with Gasteiger partial charge < -0.3 is 0 Å². The second-order valence-electron chi connectivity index (χ2n) is 2.38. The van der Waals surface area contributed by atoms with Crippen molar-refractivity contribution >= 4 is 21.4 Å². The van der Waals surface area contributed by atoms with Crippen LogP contribution in [0.2, 0.25) is 0 Å². The minimum absolute atomic E-state index is 0.157. The normalized spacial score (nSPS) is 41.1. The van der Waals surface area contributed by atoms with E-state index >= 15 is 0 Å². The van der Waals surface area contributed by atoms with Crippen LogP contribution in [0.5, 0.6) is 0 Å². The fourth-order valence-corrected chi connectivity index (χ4v) is 3.17. The number of halogens is 1. The van der Waals surface area contributed by atoms with Gasteiger partial charge in [-0.25, -0.2) is 8.42 Å². The molecule has 1 rings (SSSR count). The van der Waals surface area contributed by atoms with Gasteiger partial charge in [-0.2, -0.15) is 0 Å². The summed E-state index contributed by atoms with van der Waals surface area (Å²) in [5.74, 6) is 0.266. The molecule has 1 fully saturated rings. The van der Waals surface area contributed by atoms with Crippen LogP contribution in [0.4, 0.5) is 0 Å². The van der Waals surface area contributed by atoms with Crippen molar-refractivity contribution in [3.63, 3.8) is 0 Å². The predicted octanol–water partition coefficient (Wildman–Crippen LogP) is 0.801. The maximum absolute atomic E-state index is 10.9. The summed E-state index contributed by atoms with van der Waals surface area (Å²) >= 11 is 5.67. The highest BCUT2D eigenvalue weighted by Crippen LogP contribution is 2.24. The quantitative estimate of drug-likeness (QED) is 0.502. The van der Waals surface area contributed by atoms with Gasteiger partial charge in [0.1, 0.15) is 0 Å². The summed E-state index contributed by atoms with van der Waals surface area (Å²) in [6.45, 7) is 1.67. The molecular weight excluding hydrogens is 160 g/mol. The van der Waals surface area contributed by atoms with Crippen LogP contribution >= 0.6 is 11.6 Å². The Labute approximate surface area is 60.1 Å². The van der Waals surface area contributed by atoms with Crippen LogP contribution in [0.1, 0.15) is 13.3 Å². The van der Waals surface area contributed by atoms with Crippen LogP contribution < -0.4 is 0 Å². The summed E-state index contributed by atoms with van der Waals surface area (Å²) in [6.07, 6.45) is 0.616. The van der Waals surface area contributed by atoms with E-state index < -0.39 is 9.84 Å². The summed E-state index contributed by atoms with van der Waals surface area (Å²) in [5, 5.41) is -0.492. The van der Waals surface area contributed by atoms with Gasteiger partial charge in [0, 0.05) is 0 Å². The van der Waals surface area contributed by atoms with Crippen molar-refractivity contribution < 1.29 is 8.42 Å². The Bertz CT molecular complexity index is 197. The first kappa shape index (κ1) is 7.35. The van der Waals surface area contributed by atoms with Gasteiger partial charge in [0.25, 0.3) is 0 Å². The van der Waals surface area contributed by atoms with E-state index in [4.69, 9.17) is 11.6 Å². The van der Waals surface area contributed by atoms with E-state index in [-0.39, 0.29) is 16.4 Å². The highest BCUT2D eigenvalue weighted by molar-refractivity contribution is 7.92. The topological polar surface area (TPSA) is 34.1 Å². The van der Waals surface area contributed by atoms with E-state index in [9.17, 15) is 8.42 Å². The molecule has 0 radical (unpaired) electrons. The number of alkyl halides is 1. The molecule has 1 aliphatic rings. The van der Waals surface area contributed by atoms with Gasteiger partial charge in [-0.15, -0.1) is 11.6 Å². The van der Waals surface area contributed by atoms with E-state index in [1.54, 1.807) is 6.92 Å². The zero-order valence-corrected chi connectivity index (χ0v) is 6.74. The minimum Gasteiger partial charge on any atom is -0.229 e. The summed E-state index contributed by atoms with van der Waals surface area (Å²) in [6, 6.07) is 0. The van der Waals surface area contributed by atoms with Gasteiger partial charge in [-0.3, -0.25) is 0 Å². The lowest BCUT2D eigenvalue weighted by molar-refractivity contribution is 0.594. The number of rotatable bonds is 0. The fourth-order valence-electron chi connectivity index (χ4n) is 0.922. The molecule has 0 aromatic heterocycles. The predicted molar refractivity (Wildman–Crippen MR) is 37.5 cm³/mol. The van der Waals surface area contributed by atoms with Crippen molar-refractivity contribution in [2.24, 2.45) is 0 Å². The Morgan fingerprint density at radius 2 is 2.11 bits per heavy atom. The molecule has 0 N–H and O–H groups in total. The van der Waals surface area contributed by atoms with Crippen LogP contribution in [-0.2, 0) is 9.84 Å². The zero-order chi connectivity index (χ0) is 7.07. The maximum Gasteiger partial charge on any atom is 0.154 e. The SMILES string of the molecule is CC1C(Cl)CCS1(=O)=O. The molecule has 2 nitrogen and oxygen atoms in total. The largest absolute Gasteiger partial charge is 0.229 e. The molecule has 1 saturated heterocycles. The molecule has 2 atom stereocenters. The highest BCUT2D eigenvalue weighted by Gasteiger charge is 2.34. The van der Waals surface area contributed by atoms with Crippen molar-refractivity contribution in [2.45, 2.75) is 24.0 Å². The van der Waals surface area contributed by atoms with Gasteiger partial charge in [0.15, 0.2) is 9.84 Å². The first-order valence-electron chi connectivity index (χ1n) is 2.89. The second-order valence-corrected chi connectivity index (χ2v) is 5.41. The van der Waals surface area contributed by atoms with Crippen molar-refractivity contribution in [1.29, 1.82) is 0 Å². The highest BCUT2D eigenvalue weighted by atomic mass is 35.5. The Balaban J connectivity index is 2.87. The Morgan fingerprint density at radius 1 is 1.56 bits per heavy atom. The van der Waals surface area contributed by atoms with Gasteiger partial charge >= 0.3 is 0 Å².